The van der Waals surface area contributed by atoms with Gasteiger partial charge < -0.3 is 9.64 Å². The summed E-state index contributed by atoms with van der Waals surface area (Å²) in [4.78, 5) is 6.49. The predicted molar refractivity (Wildman–Crippen MR) is 71.8 cm³/mol. The molecule has 3 heterocycles. The molecular weight excluding hydrogens is 240 g/mol. The Hall–Kier alpha value is -2.01. The molecule has 19 heavy (non-hydrogen) atoms. The molecule has 0 amide bonds. The molecule has 2 aromatic heterocycles. The van der Waals surface area contributed by atoms with Gasteiger partial charge in [-0.2, -0.15) is 0 Å². The van der Waals surface area contributed by atoms with Crippen molar-refractivity contribution in [2.75, 3.05) is 20.1 Å². The van der Waals surface area contributed by atoms with E-state index in [0.29, 0.717) is 5.88 Å². The SMILES string of the molecule is CN1CC[C@@H](Oc2ccc(-c3ccccn3)nn2)C1. The van der Waals surface area contributed by atoms with E-state index in [1.54, 1.807) is 6.20 Å². The van der Waals surface area contributed by atoms with Crippen LogP contribution >= 0.6 is 0 Å². The van der Waals surface area contributed by atoms with Gasteiger partial charge in [-0.1, -0.05) is 6.07 Å². The molecule has 2 aromatic rings. The van der Waals surface area contributed by atoms with Crippen LogP contribution < -0.4 is 4.74 Å². The van der Waals surface area contributed by atoms with Gasteiger partial charge in [-0.25, -0.2) is 0 Å². The second kappa shape index (κ2) is 5.32. The minimum absolute atomic E-state index is 0.222. The Balaban J connectivity index is 1.69. The molecule has 5 heteroatoms. The van der Waals surface area contributed by atoms with Crippen molar-refractivity contribution in [3.63, 3.8) is 0 Å². The number of aromatic nitrogens is 3. The summed E-state index contributed by atoms with van der Waals surface area (Å²) in [7, 11) is 2.10. The average Bonchev–Trinajstić information content (AvgIpc) is 2.86. The van der Waals surface area contributed by atoms with Gasteiger partial charge >= 0.3 is 0 Å². The van der Waals surface area contributed by atoms with E-state index in [9.17, 15) is 0 Å². The van der Waals surface area contributed by atoms with Gasteiger partial charge in [0.1, 0.15) is 11.8 Å². The van der Waals surface area contributed by atoms with Crippen molar-refractivity contribution in [2.45, 2.75) is 12.5 Å². The maximum Gasteiger partial charge on any atom is 0.233 e. The Morgan fingerprint density at radius 2 is 2.11 bits per heavy atom. The highest BCUT2D eigenvalue weighted by Crippen LogP contribution is 2.17. The topological polar surface area (TPSA) is 51.1 Å². The van der Waals surface area contributed by atoms with E-state index in [2.05, 4.69) is 27.1 Å². The van der Waals surface area contributed by atoms with Crippen LogP contribution in [0.15, 0.2) is 36.5 Å². The zero-order chi connectivity index (χ0) is 13.1. The van der Waals surface area contributed by atoms with Gasteiger partial charge in [0.25, 0.3) is 0 Å². The van der Waals surface area contributed by atoms with Crippen LogP contribution in [-0.2, 0) is 0 Å². The molecule has 1 atom stereocenters. The van der Waals surface area contributed by atoms with Crippen LogP contribution in [-0.4, -0.2) is 46.3 Å². The van der Waals surface area contributed by atoms with Crippen LogP contribution in [0.2, 0.25) is 0 Å². The highest BCUT2D eigenvalue weighted by atomic mass is 16.5. The molecule has 0 spiro atoms. The first-order valence-corrected chi connectivity index (χ1v) is 6.41. The van der Waals surface area contributed by atoms with Gasteiger partial charge in [0.15, 0.2) is 0 Å². The van der Waals surface area contributed by atoms with Gasteiger partial charge in [0.2, 0.25) is 5.88 Å². The first-order valence-electron chi connectivity index (χ1n) is 6.41. The summed E-state index contributed by atoms with van der Waals surface area (Å²) < 4.78 is 5.80. The van der Waals surface area contributed by atoms with Gasteiger partial charge in [-0.15, -0.1) is 10.2 Å². The van der Waals surface area contributed by atoms with Crippen molar-refractivity contribution in [3.05, 3.63) is 36.5 Å². The summed E-state index contributed by atoms with van der Waals surface area (Å²) in [6.07, 6.45) is 3.01. The first kappa shape index (κ1) is 12.0. The molecular formula is C14H16N4O. The van der Waals surface area contributed by atoms with E-state index in [4.69, 9.17) is 4.74 Å². The van der Waals surface area contributed by atoms with Crippen molar-refractivity contribution in [1.29, 1.82) is 0 Å². The molecule has 0 unspecified atom stereocenters. The fraction of sp³-hybridized carbons (Fsp3) is 0.357. The van der Waals surface area contributed by atoms with Gasteiger partial charge in [0.05, 0.1) is 5.69 Å². The number of rotatable bonds is 3. The zero-order valence-electron chi connectivity index (χ0n) is 10.9. The van der Waals surface area contributed by atoms with E-state index >= 15 is 0 Å². The number of hydrogen-bond donors (Lipinski definition) is 0. The summed E-state index contributed by atoms with van der Waals surface area (Å²) in [5.41, 5.74) is 1.58. The number of likely N-dealkylation sites (tertiary alicyclic amines) is 1. The standard InChI is InChI=1S/C14H16N4O/c1-18-9-7-11(10-18)19-14-6-5-13(16-17-14)12-4-2-3-8-15-12/h2-6,8,11H,7,9-10H2,1H3/t11-/m1/s1. The second-order valence-electron chi connectivity index (χ2n) is 4.76. The third-order valence-corrected chi connectivity index (χ3v) is 3.20. The number of likely N-dealkylation sites (N-methyl/N-ethyl adjacent to an activating group) is 1. The molecule has 1 saturated heterocycles. The Morgan fingerprint density at radius 1 is 1.16 bits per heavy atom. The fourth-order valence-electron chi connectivity index (χ4n) is 2.20. The quantitative estimate of drug-likeness (QED) is 0.835. The molecule has 0 radical (unpaired) electrons. The molecule has 5 nitrogen and oxygen atoms in total. The summed E-state index contributed by atoms with van der Waals surface area (Å²) in [5.74, 6) is 0.583. The number of ether oxygens (including phenoxy) is 1. The normalized spacial score (nSPS) is 19.5. The molecule has 1 aliphatic heterocycles. The molecule has 0 bridgehead atoms. The molecule has 3 rings (SSSR count). The van der Waals surface area contributed by atoms with E-state index in [1.807, 2.05) is 30.3 Å². The molecule has 1 fully saturated rings. The van der Waals surface area contributed by atoms with Crippen molar-refractivity contribution < 1.29 is 4.74 Å². The zero-order valence-corrected chi connectivity index (χ0v) is 10.9. The molecule has 0 aromatic carbocycles. The van der Waals surface area contributed by atoms with Crippen molar-refractivity contribution in [3.8, 4) is 17.3 Å². The number of nitrogens with zero attached hydrogens (tertiary/aromatic N) is 4. The largest absolute Gasteiger partial charge is 0.472 e. The molecule has 98 valence electrons. The lowest BCUT2D eigenvalue weighted by Gasteiger charge is -2.12. The van der Waals surface area contributed by atoms with Gasteiger partial charge in [-0.3, -0.25) is 4.98 Å². The summed E-state index contributed by atoms with van der Waals surface area (Å²) in [6, 6.07) is 9.48. The monoisotopic (exact) mass is 256 g/mol. The second-order valence-corrected chi connectivity index (χ2v) is 4.76. The van der Waals surface area contributed by atoms with Crippen LogP contribution in [0, 0.1) is 0 Å². The predicted octanol–water partition coefficient (Wildman–Crippen LogP) is 1.62. The maximum atomic E-state index is 5.80. The van der Waals surface area contributed by atoms with Crippen LogP contribution in [0.4, 0.5) is 0 Å². The van der Waals surface area contributed by atoms with E-state index in [-0.39, 0.29) is 6.10 Å². The highest BCUT2D eigenvalue weighted by Gasteiger charge is 2.21. The van der Waals surface area contributed by atoms with Gasteiger partial charge in [-0.05, 0) is 31.7 Å². The fourth-order valence-corrected chi connectivity index (χ4v) is 2.20. The van der Waals surface area contributed by atoms with Crippen LogP contribution in [0.25, 0.3) is 11.4 Å². The third-order valence-electron chi connectivity index (χ3n) is 3.20. The minimum atomic E-state index is 0.222. The Labute approximate surface area is 112 Å². The lowest BCUT2D eigenvalue weighted by atomic mass is 10.2. The smallest absolute Gasteiger partial charge is 0.233 e. The Morgan fingerprint density at radius 3 is 2.74 bits per heavy atom. The molecule has 0 N–H and O–H groups in total. The Kier molecular flexibility index (Phi) is 3.37. The summed E-state index contributed by atoms with van der Waals surface area (Å²) in [6.45, 7) is 2.02. The van der Waals surface area contributed by atoms with Crippen LogP contribution in [0.3, 0.4) is 0 Å². The molecule has 0 aliphatic carbocycles. The number of hydrogen-bond acceptors (Lipinski definition) is 5. The minimum Gasteiger partial charge on any atom is -0.472 e. The third kappa shape index (κ3) is 2.88. The van der Waals surface area contributed by atoms with Crippen molar-refractivity contribution in [1.82, 2.24) is 20.1 Å². The van der Waals surface area contributed by atoms with Crippen molar-refractivity contribution >= 4 is 0 Å². The summed E-state index contributed by atoms with van der Waals surface area (Å²) >= 11 is 0. The highest BCUT2D eigenvalue weighted by molar-refractivity contribution is 5.52. The maximum absolute atomic E-state index is 5.80. The lowest BCUT2D eigenvalue weighted by Crippen LogP contribution is -2.21. The average molecular weight is 256 g/mol. The lowest BCUT2D eigenvalue weighted by molar-refractivity contribution is 0.198. The van der Waals surface area contributed by atoms with Crippen LogP contribution in [0.1, 0.15) is 6.42 Å². The Bertz CT molecular complexity index is 529. The number of pyridine rings is 1. The van der Waals surface area contributed by atoms with Gasteiger partial charge in [0, 0.05) is 25.4 Å². The first-order chi connectivity index (χ1) is 9.31. The van der Waals surface area contributed by atoms with E-state index < -0.39 is 0 Å². The summed E-state index contributed by atoms with van der Waals surface area (Å²) in [5, 5.41) is 8.27. The van der Waals surface area contributed by atoms with Crippen molar-refractivity contribution in [2.24, 2.45) is 0 Å². The van der Waals surface area contributed by atoms with Crippen LogP contribution in [0.5, 0.6) is 5.88 Å². The van der Waals surface area contributed by atoms with E-state index in [1.165, 1.54) is 0 Å². The molecule has 1 aliphatic rings. The molecule has 0 saturated carbocycles. The van der Waals surface area contributed by atoms with E-state index in [0.717, 1.165) is 30.9 Å².